The lowest BCUT2D eigenvalue weighted by Gasteiger charge is -2.46. The molecule has 218 valence electrons. The fourth-order valence-corrected chi connectivity index (χ4v) is 4.15. The first-order chi connectivity index (χ1) is 16.1. The number of aliphatic hydroxyl groups is 1. The van der Waals surface area contributed by atoms with Crippen molar-refractivity contribution in [3.63, 3.8) is 0 Å². The second-order valence-electron chi connectivity index (χ2n) is 9.54. The second kappa shape index (κ2) is 7.96. The van der Waals surface area contributed by atoms with Gasteiger partial charge in [-0.25, -0.2) is 0 Å². The van der Waals surface area contributed by atoms with Crippen LogP contribution in [0.25, 0.3) is 0 Å². The van der Waals surface area contributed by atoms with E-state index in [2.05, 4.69) is 0 Å². The molecule has 0 amide bonds. The van der Waals surface area contributed by atoms with Crippen molar-refractivity contribution in [3.8, 4) is 0 Å². The zero-order valence-corrected chi connectivity index (χ0v) is 18.9. The standard InChI is InChI=1S/C18H19F13O6/c1-10(2)33-5-6(35-10)7-12(32,8-9(34-7)37-11(3,4)36-8)13(19,20)14(21,22)15(23,24)16(25,26)17(27,28)18(29,30)31/h6-9,32H,5H2,1-4H3/t6-,7-,8+,9-,12+/m1/s1. The molecule has 3 aliphatic rings. The molecule has 0 bridgehead atoms. The third kappa shape index (κ3) is 3.93. The highest BCUT2D eigenvalue weighted by Crippen LogP contribution is 2.64. The molecule has 3 fully saturated rings. The maximum atomic E-state index is 15.3. The molecule has 3 heterocycles. The summed E-state index contributed by atoms with van der Waals surface area (Å²) >= 11 is 0. The lowest BCUT2D eigenvalue weighted by Crippen LogP contribution is -2.77. The average molecular weight is 578 g/mol. The molecule has 3 saturated heterocycles. The number of alkyl halides is 13. The Kier molecular flexibility index (Phi) is 6.53. The minimum Gasteiger partial charge on any atom is -0.378 e. The summed E-state index contributed by atoms with van der Waals surface area (Å²) in [5.41, 5.74) is -4.84. The van der Waals surface area contributed by atoms with Gasteiger partial charge in [-0.05, 0) is 27.7 Å². The van der Waals surface area contributed by atoms with E-state index in [0.29, 0.717) is 0 Å². The first kappa shape index (κ1) is 30.4. The fourth-order valence-electron chi connectivity index (χ4n) is 4.15. The topological polar surface area (TPSA) is 66.4 Å². The van der Waals surface area contributed by atoms with Crippen molar-refractivity contribution < 1.29 is 85.9 Å². The summed E-state index contributed by atoms with van der Waals surface area (Å²) in [6, 6.07) is 0. The number of fused-ring (bicyclic) bond motifs is 1. The van der Waals surface area contributed by atoms with Crippen LogP contribution in [0.3, 0.4) is 0 Å². The predicted molar refractivity (Wildman–Crippen MR) is 89.3 cm³/mol. The Balaban J connectivity index is 2.16. The molecule has 0 aromatic carbocycles. The number of hydrogen-bond donors (Lipinski definition) is 1. The van der Waals surface area contributed by atoms with Gasteiger partial charge in [0.15, 0.2) is 23.5 Å². The van der Waals surface area contributed by atoms with Gasteiger partial charge in [-0.1, -0.05) is 0 Å². The van der Waals surface area contributed by atoms with Crippen molar-refractivity contribution in [3.05, 3.63) is 0 Å². The first-order valence-electron chi connectivity index (χ1n) is 10.1. The highest BCUT2D eigenvalue weighted by atomic mass is 19.4. The molecular weight excluding hydrogens is 559 g/mol. The van der Waals surface area contributed by atoms with Gasteiger partial charge in [-0.2, -0.15) is 57.1 Å². The van der Waals surface area contributed by atoms with Crippen LogP contribution >= 0.6 is 0 Å². The number of hydrogen-bond acceptors (Lipinski definition) is 6. The van der Waals surface area contributed by atoms with Crippen LogP contribution in [0.4, 0.5) is 57.1 Å². The summed E-state index contributed by atoms with van der Waals surface area (Å²) in [4.78, 5) is 0. The molecule has 1 N–H and O–H groups in total. The Bertz CT molecular complexity index is 905. The Hall–Kier alpha value is -1.15. The van der Waals surface area contributed by atoms with Gasteiger partial charge in [0.2, 0.25) is 0 Å². The van der Waals surface area contributed by atoms with Crippen LogP contribution in [-0.4, -0.2) is 89.3 Å². The monoisotopic (exact) mass is 578 g/mol. The van der Waals surface area contributed by atoms with E-state index < -0.39 is 84.2 Å². The Morgan fingerprint density at radius 2 is 1.11 bits per heavy atom. The third-order valence-electron chi connectivity index (χ3n) is 6.01. The molecule has 0 aliphatic carbocycles. The summed E-state index contributed by atoms with van der Waals surface area (Å²) in [6.07, 6.45) is -17.6. The van der Waals surface area contributed by atoms with E-state index in [1.54, 1.807) is 0 Å². The SMILES string of the molecule is CC1(C)OC[C@H]([C@H]2O[C@@H]3OC(C)(C)O[C@@H]3[C@]2(O)C(F)(F)C(F)(F)C(F)(F)C(F)(F)C(F)(F)C(F)(F)F)O1. The quantitative estimate of drug-likeness (QED) is 0.469. The van der Waals surface area contributed by atoms with E-state index in [-0.39, 0.29) is 0 Å². The molecule has 6 nitrogen and oxygen atoms in total. The maximum absolute atomic E-state index is 15.3. The molecule has 19 heteroatoms. The number of ether oxygens (including phenoxy) is 5. The van der Waals surface area contributed by atoms with E-state index in [9.17, 15) is 53.4 Å². The van der Waals surface area contributed by atoms with E-state index >= 15 is 8.78 Å². The van der Waals surface area contributed by atoms with Crippen LogP contribution in [0.15, 0.2) is 0 Å². The third-order valence-corrected chi connectivity index (χ3v) is 6.01. The van der Waals surface area contributed by atoms with Crippen LogP contribution in [0.2, 0.25) is 0 Å². The Morgan fingerprint density at radius 1 is 0.622 bits per heavy atom. The van der Waals surface area contributed by atoms with Crippen molar-refractivity contribution in [1.29, 1.82) is 0 Å². The van der Waals surface area contributed by atoms with Gasteiger partial charge in [0.05, 0.1) is 6.61 Å². The highest BCUT2D eigenvalue weighted by molar-refractivity contribution is 5.22. The summed E-state index contributed by atoms with van der Waals surface area (Å²) < 4.78 is 204. The van der Waals surface area contributed by atoms with Crippen LogP contribution in [0, 0.1) is 0 Å². The van der Waals surface area contributed by atoms with E-state index in [1.807, 2.05) is 0 Å². The van der Waals surface area contributed by atoms with Gasteiger partial charge in [-0.15, -0.1) is 0 Å². The van der Waals surface area contributed by atoms with Crippen molar-refractivity contribution in [2.24, 2.45) is 0 Å². The molecule has 0 aromatic rings. The van der Waals surface area contributed by atoms with E-state index in [0.717, 1.165) is 27.7 Å². The molecule has 3 rings (SSSR count). The lowest BCUT2D eigenvalue weighted by atomic mass is 9.77. The van der Waals surface area contributed by atoms with Gasteiger partial charge in [0.25, 0.3) is 0 Å². The normalized spacial score (nSPS) is 35.2. The largest absolute Gasteiger partial charge is 0.460 e. The summed E-state index contributed by atoms with van der Waals surface area (Å²) in [5.74, 6) is -42.6. The maximum Gasteiger partial charge on any atom is 0.460 e. The minimum atomic E-state index is -8.14. The average Bonchev–Trinajstić information content (AvgIpc) is 3.29. The summed E-state index contributed by atoms with van der Waals surface area (Å²) in [7, 11) is 0. The smallest absolute Gasteiger partial charge is 0.378 e. The molecule has 0 saturated carbocycles. The zero-order valence-electron chi connectivity index (χ0n) is 18.9. The van der Waals surface area contributed by atoms with Crippen molar-refractivity contribution in [2.75, 3.05) is 6.61 Å². The van der Waals surface area contributed by atoms with Gasteiger partial charge in [0.1, 0.15) is 18.3 Å². The predicted octanol–water partition coefficient (Wildman–Crippen LogP) is 4.48. The highest BCUT2D eigenvalue weighted by Gasteiger charge is 2.94. The van der Waals surface area contributed by atoms with Crippen molar-refractivity contribution in [2.45, 2.75) is 105 Å². The molecule has 0 aromatic heterocycles. The Labute approximate surface area is 198 Å². The molecule has 0 spiro atoms. The Morgan fingerprint density at radius 3 is 1.54 bits per heavy atom. The molecule has 3 aliphatic heterocycles. The van der Waals surface area contributed by atoms with E-state index in [4.69, 9.17) is 23.7 Å². The van der Waals surface area contributed by atoms with Gasteiger partial charge in [-0.3, -0.25) is 0 Å². The van der Waals surface area contributed by atoms with E-state index in [1.165, 1.54) is 0 Å². The van der Waals surface area contributed by atoms with Crippen molar-refractivity contribution >= 4 is 0 Å². The zero-order chi connectivity index (χ0) is 29.1. The second-order valence-corrected chi connectivity index (χ2v) is 9.54. The minimum absolute atomic E-state index is 0.844. The molecule has 37 heavy (non-hydrogen) atoms. The molecule has 0 unspecified atom stereocenters. The van der Waals surface area contributed by atoms with Crippen LogP contribution in [0.1, 0.15) is 27.7 Å². The number of halogens is 13. The summed E-state index contributed by atoms with van der Waals surface area (Å²) in [5, 5.41) is 10.9. The van der Waals surface area contributed by atoms with Crippen LogP contribution in [-0.2, 0) is 23.7 Å². The molecule has 5 atom stereocenters. The van der Waals surface area contributed by atoms with Gasteiger partial charge in [0, 0.05) is 0 Å². The molecule has 0 radical (unpaired) electrons. The van der Waals surface area contributed by atoms with Gasteiger partial charge < -0.3 is 28.8 Å². The first-order valence-corrected chi connectivity index (χ1v) is 10.1. The van der Waals surface area contributed by atoms with Crippen molar-refractivity contribution in [1.82, 2.24) is 0 Å². The molecular formula is C18H19F13O6. The lowest BCUT2D eigenvalue weighted by molar-refractivity contribution is -0.454. The number of rotatable bonds is 6. The fraction of sp³-hybridized carbons (Fsp3) is 1.00. The van der Waals surface area contributed by atoms with Gasteiger partial charge >= 0.3 is 35.8 Å². The summed E-state index contributed by atoms with van der Waals surface area (Å²) in [6.45, 7) is 3.36. The van der Waals surface area contributed by atoms with Crippen LogP contribution in [0.5, 0.6) is 0 Å². The van der Waals surface area contributed by atoms with Crippen LogP contribution < -0.4 is 0 Å².